The van der Waals surface area contributed by atoms with E-state index in [4.69, 9.17) is 5.73 Å². The minimum Gasteiger partial charge on any atom is -0.342 e. The van der Waals surface area contributed by atoms with Gasteiger partial charge in [0, 0.05) is 19.2 Å². The van der Waals surface area contributed by atoms with Crippen LogP contribution in [0.4, 0.5) is 0 Å². The van der Waals surface area contributed by atoms with E-state index in [2.05, 4.69) is 21.0 Å². The standard InChI is InChI=1S/C13H15N5/c1-8-16-10-4-3-9(5-11(10)17-8)13-12(6-14)18(2)7-15-13/h3-5,7H,6,14H2,1-2H3,(H,16,17). The molecule has 1 aromatic carbocycles. The third-order valence-electron chi connectivity index (χ3n) is 3.13. The number of H-pyrrole nitrogens is 1. The lowest BCUT2D eigenvalue weighted by Gasteiger charge is -2.03. The summed E-state index contributed by atoms with van der Waals surface area (Å²) in [6.07, 6.45) is 1.79. The maximum Gasteiger partial charge on any atom is 0.104 e. The number of aryl methyl sites for hydroxylation is 2. The first kappa shape index (κ1) is 11.0. The van der Waals surface area contributed by atoms with Crippen molar-refractivity contribution in [1.82, 2.24) is 19.5 Å². The summed E-state index contributed by atoms with van der Waals surface area (Å²) in [6.45, 7) is 2.43. The van der Waals surface area contributed by atoms with Gasteiger partial charge in [0.25, 0.3) is 0 Å². The molecule has 0 unspecified atom stereocenters. The normalized spacial score (nSPS) is 11.3. The summed E-state index contributed by atoms with van der Waals surface area (Å²) >= 11 is 0. The van der Waals surface area contributed by atoms with Crippen LogP contribution < -0.4 is 5.73 Å². The van der Waals surface area contributed by atoms with Crippen LogP contribution in [0.1, 0.15) is 11.5 Å². The molecule has 18 heavy (non-hydrogen) atoms. The van der Waals surface area contributed by atoms with Crippen LogP contribution in [0.5, 0.6) is 0 Å². The smallest absolute Gasteiger partial charge is 0.104 e. The molecule has 0 amide bonds. The van der Waals surface area contributed by atoms with Crippen LogP contribution in [-0.4, -0.2) is 19.5 Å². The van der Waals surface area contributed by atoms with Crippen LogP contribution >= 0.6 is 0 Å². The lowest BCUT2D eigenvalue weighted by Crippen LogP contribution is -2.04. The fourth-order valence-corrected chi connectivity index (χ4v) is 2.22. The van der Waals surface area contributed by atoms with Crippen molar-refractivity contribution < 1.29 is 0 Å². The van der Waals surface area contributed by atoms with E-state index in [1.807, 2.05) is 30.7 Å². The highest BCUT2D eigenvalue weighted by molar-refractivity contribution is 5.81. The number of nitrogens with two attached hydrogens (primary N) is 1. The Balaban J connectivity index is 2.18. The maximum atomic E-state index is 5.77. The van der Waals surface area contributed by atoms with Crippen molar-refractivity contribution >= 4 is 11.0 Å². The number of aromatic amines is 1. The fourth-order valence-electron chi connectivity index (χ4n) is 2.22. The summed E-state index contributed by atoms with van der Waals surface area (Å²) in [5, 5.41) is 0. The number of nitrogens with zero attached hydrogens (tertiary/aromatic N) is 3. The quantitative estimate of drug-likeness (QED) is 0.717. The predicted octanol–water partition coefficient (Wildman–Crippen LogP) is 1.73. The van der Waals surface area contributed by atoms with Crippen LogP contribution in [0, 0.1) is 6.92 Å². The topological polar surface area (TPSA) is 72.5 Å². The van der Waals surface area contributed by atoms with Crippen LogP contribution in [0.2, 0.25) is 0 Å². The van der Waals surface area contributed by atoms with Gasteiger partial charge in [-0.2, -0.15) is 0 Å². The number of aromatic nitrogens is 4. The van der Waals surface area contributed by atoms with E-state index in [0.717, 1.165) is 33.8 Å². The van der Waals surface area contributed by atoms with Crippen molar-refractivity contribution in [2.24, 2.45) is 12.8 Å². The summed E-state index contributed by atoms with van der Waals surface area (Å²) in [5.74, 6) is 0.919. The third kappa shape index (κ3) is 1.60. The van der Waals surface area contributed by atoms with E-state index in [1.54, 1.807) is 6.33 Å². The van der Waals surface area contributed by atoms with E-state index in [-0.39, 0.29) is 0 Å². The highest BCUT2D eigenvalue weighted by Gasteiger charge is 2.10. The first-order chi connectivity index (χ1) is 8.69. The van der Waals surface area contributed by atoms with E-state index < -0.39 is 0 Å². The van der Waals surface area contributed by atoms with Crippen LogP contribution in [0.15, 0.2) is 24.5 Å². The summed E-state index contributed by atoms with van der Waals surface area (Å²) in [5.41, 5.74) is 10.8. The zero-order chi connectivity index (χ0) is 12.7. The average molecular weight is 241 g/mol. The first-order valence-corrected chi connectivity index (χ1v) is 5.86. The molecule has 3 rings (SSSR count). The summed E-state index contributed by atoms with van der Waals surface area (Å²) in [4.78, 5) is 12.0. The number of benzene rings is 1. The molecule has 0 saturated carbocycles. The molecule has 0 aliphatic heterocycles. The number of hydrogen-bond donors (Lipinski definition) is 2. The Morgan fingerprint density at radius 2 is 2.22 bits per heavy atom. The first-order valence-electron chi connectivity index (χ1n) is 5.86. The molecule has 3 N–H and O–H groups in total. The van der Waals surface area contributed by atoms with Crippen molar-refractivity contribution in [3.05, 3.63) is 36.0 Å². The number of rotatable bonds is 2. The Morgan fingerprint density at radius 1 is 1.39 bits per heavy atom. The van der Waals surface area contributed by atoms with Gasteiger partial charge < -0.3 is 15.3 Å². The van der Waals surface area contributed by atoms with Crippen LogP contribution in [0.25, 0.3) is 22.3 Å². The molecule has 0 radical (unpaired) electrons. The molecule has 2 heterocycles. The molecule has 0 saturated heterocycles. The van der Waals surface area contributed by atoms with Gasteiger partial charge in [0.2, 0.25) is 0 Å². The van der Waals surface area contributed by atoms with Gasteiger partial charge in [-0.1, -0.05) is 6.07 Å². The number of imidazole rings is 2. The number of nitrogens with one attached hydrogen (secondary N) is 1. The summed E-state index contributed by atoms with van der Waals surface area (Å²) in [6, 6.07) is 6.10. The Morgan fingerprint density at radius 3 is 3.00 bits per heavy atom. The van der Waals surface area contributed by atoms with Gasteiger partial charge >= 0.3 is 0 Å². The average Bonchev–Trinajstić information content (AvgIpc) is 2.89. The van der Waals surface area contributed by atoms with Crippen LogP contribution in [-0.2, 0) is 13.6 Å². The van der Waals surface area contributed by atoms with Crippen molar-refractivity contribution in [1.29, 1.82) is 0 Å². The maximum absolute atomic E-state index is 5.77. The Hall–Kier alpha value is -2.14. The molecular formula is C13H15N5. The third-order valence-corrected chi connectivity index (χ3v) is 3.13. The molecule has 0 atom stereocenters. The van der Waals surface area contributed by atoms with Gasteiger partial charge in [0.1, 0.15) is 5.82 Å². The fraction of sp³-hybridized carbons (Fsp3) is 0.231. The van der Waals surface area contributed by atoms with Gasteiger partial charge in [0.05, 0.1) is 28.7 Å². The van der Waals surface area contributed by atoms with Crippen molar-refractivity contribution in [3.8, 4) is 11.3 Å². The molecule has 92 valence electrons. The largest absolute Gasteiger partial charge is 0.342 e. The SMILES string of the molecule is Cc1nc2ccc(-c3ncn(C)c3CN)cc2[nH]1. The van der Waals surface area contributed by atoms with E-state index in [1.165, 1.54) is 0 Å². The Labute approximate surface area is 105 Å². The van der Waals surface area contributed by atoms with Crippen molar-refractivity contribution in [3.63, 3.8) is 0 Å². The molecule has 0 aliphatic carbocycles. The van der Waals surface area contributed by atoms with Gasteiger partial charge in [-0.25, -0.2) is 9.97 Å². The highest BCUT2D eigenvalue weighted by atomic mass is 15.0. The minimum atomic E-state index is 0.478. The zero-order valence-corrected chi connectivity index (χ0v) is 10.4. The van der Waals surface area contributed by atoms with E-state index in [9.17, 15) is 0 Å². The summed E-state index contributed by atoms with van der Waals surface area (Å²) in [7, 11) is 1.96. The number of fused-ring (bicyclic) bond motifs is 1. The molecule has 0 spiro atoms. The van der Waals surface area contributed by atoms with Crippen molar-refractivity contribution in [2.75, 3.05) is 0 Å². The van der Waals surface area contributed by atoms with Gasteiger partial charge in [-0.3, -0.25) is 0 Å². The molecule has 5 nitrogen and oxygen atoms in total. The monoisotopic (exact) mass is 241 g/mol. The molecular weight excluding hydrogens is 226 g/mol. The second kappa shape index (κ2) is 3.96. The molecule has 0 aliphatic rings. The van der Waals surface area contributed by atoms with Gasteiger partial charge in [-0.05, 0) is 19.1 Å². The van der Waals surface area contributed by atoms with E-state index >= 15 is 0 Å². The zero-order valence-electron chi connectivity index (χ0n) is 10.4. The molecule has 0 bridgehead atoms. The van der Waals surface area contributed by atoms with Crippen molar-refractivity contribution in [2.45, 2.75) is 13.5 Å². The predicted molar refractivity (Wildman–Crippen MR) is 70.9 cm³/mol. The summed E-state index contributed by atoms with van der Waals surface area (Å²) < 4.78 is 1.96. The molecule has 3 aromatic rings. The minimum absolute atomic E-state index is 0.478. The van der Waals surface area contributed by atoms with E-state index in [0.29, 0.717) is 6.54 Å². The highest BCUT2D eigenvalue weighted by Crippen LogP contribution is 2.24. The molecule has 0 fully saturated rings. The Bertz CT molecular complexity index is 707. The second-order valence-electron chi connectivity index (χ2n) is 4.41. The molecule has 2 aromatic heterocycles. The lowest BCUT2D eigenvalue weighted by atomic mass is 10.1. The number of hydrogen-bond acceptors (Lipinski definition) is 3. The second-order valence-corrected chi connectivity index (χ2v) is 4.41. The van der Waals surface area contributed by atoms with Gasteiger partial charge in [-0.15, -0.1) is 0 Å². The van der Waals surface area contributed by atoms with Gasteiger partial charge in [0.15, 0.2) is 0 Å². The molecule has 5 heteroatoms. The van der Waals surface area contributed by atoms with Crippen LogP contribution in [0.3, 0.4) is 0 Å². The lowest BCUT2D eigenvalue weighted by molar-refractivity contribution is 0.822. The Kier molecular flexibility index (Phi) is 2.41.